The summed E-state index contributed by atoms with van der Waals surface area (Å²) in [4.78, 5) is 41.1. The van der Waals surface area contributed by atoms with Gasteiger partial charge >= 0.3 is 0 Å². The standard InChI is InChI=1S/C24H26BrN3O3/c1-16-15-20(8-9-21(16)28-12-2-3-22(28)29)26-23(30)17-10-13-27(14-11-17)24(31)18-4-6-19(25)7-5-18/h4-9,15,17H,2-3,10-14H2,1H3,(H,26,30). The van der Waals surface area contributed by atoms with Crippen molar-refractivity contribution in [3.05, 3.63) is 58.1 Å². The number of hydrogen-bond donors (Lipinski definition) is 1. The van der Waals surface area contributed by atoms with Gasteiger partial charge in [-0.3, -0.25) is 14.4 Å². The average Bonchev–Trinajstić information content (AvgIpc) is 3.19. The van der Waals surface area contributed by atoms with Crippen LogP contribution in [0.1, 0.15) is 41.6 Å². The normalized spacial score (nSPS) is 17.2. The van der Waals surface area contributed by atoms with Crippen molar-refractivity contribution >= 4 is 45.0 Å². The molecule has 31 heavy (non-hydrogen) atoms. The first-order valence-corrected chi connectivity index (χ1v) is 11.5. The molecule has 1 N–H and O–H groups in total. The zero-order valence-electron chi connectivity index (χ0n) is 17.6. The fraction of sp³-hybridized carbons (Fsp3) is 0.375. The van der Waals surface area contributed by atoms with E-state index in [9.17, 15) is 14.4 Å². The zero-order chi connectivity index (χ0) is 22.0. The van der Waals surface area contributed by atoms with E-state index in [2.05, 4.69) is 21.2 Å². The highest BCUT2D eigenvalue weighted by atomic mass is 79.9. The number of amides is 3. The fourth-order valence-electron chi connectivity index (χ4n) is 4.30. The van der Waals surface area contributed by atoms with E-state index < -0.39 is 0 Å². The van der Waals surface area contributed by atoms with E-state index in [0.717, 1.165) is 34.4 Å². The lowest BCUT2D eigenvalue weighted by Gasteiger charge is -2.31. The number of anilines is 2. The molecule has 3 amide bonds. The number of piperidine rings is 1. The lowest BCUT2D eigenvalue weighted by Crippen LogP contribution is -2.41. The number of benzene rings is 2. The van der Waals surface area contributed by atoms with Gasteiger partial charge in [-0.25, -0.2) is 0 Å². The molecule has 2 aromatic carbocycles. The molecule has 6 nitrogen and oxygen atoms in total. The molecule has 2 aliphatic rings. The average molecular weight is 484 g/mol. The van der Waals surface area contributed by atoms with Crippen LogP contribution < -0.4 is 10.2 Å². The molecule has 162 valence electrons. The topological polar surface area (TPSA) is 69.7 Å². The first kappa shape index (κ1) is 21.6. The Hall–Kier alpha value is -2.67. The maximum Gasteiger partial charge on any atom is 0.253 e. The van der Waals surface area contributed by atoms with Crippen molar-refractivity contribution < 1.29 is 14.4 Å². The van der Waals surface area contributed by atoms with Gasteiger partial charge < -0.3 is 15.1 Å². The third-order valence-corrected chi connectivity index (χ3v) is 6.60. The summed E-state index contributed by atoms with van der Waals surface area (Å²) in [6.45, 7) is 3.86. The number of nitrogens with zero attached hydrogens (tertiary/aromatic N) is 2. The van der Waals surface area contributed by atoms with Crippen LogP contribution in [-0.4, -0.2) is 42.3 Å². The summed E-state index contributed by atoms with van der Waals surface area (Å²) in [6.07, 6.45) is 2.78. The molecular weight excluding hydrogens is 458 g/mol. The molecule has 4 rings (SSSR count). The molecule has 0 spiro atoms. The van der Waals surface area contributed by atoms with Gasteiger partial charge in [0.1, 0.15) is 0 Å². The van der Waals surface area contributed by atoms with Crippen molar-refractivity contribution in [2.45, 2.75) is 32.6 Å². The van der Waals surface area contributed by atoms with Crippen LogP contribution in [0.4, 0.5) is 11.4 Å². The highest BCUT2D eigenvalue weighted by Crippen LogP contribution is 2.28. The number of likely N-dealkylation sites (tertiary alicyclic amines) is 1. The first-order valence-electron chi connectivity index (χ1n) is 10.7. The van der Waals surface area contributed by atoms with Gasteiger partial charge in [0.05, 0.1) is 0 Å². The van der Waals surface area contributed by atoms with E-state index >= 15 is 0 Å². The van der Waals surface area contributed by atoms with Gasteiger partial charge in [0, 0.05) is 53.4 Å². The summed E-state index contributed by atoms with van der Waals surface area (Å²) in [7, 11) is 0. The Morgan fingerprint density at radius 1 is 1.03 bits per heavy atom. The quantitative estimate of drug-likeness (QED) is 0.701. The van der Waals surface area contributed by atoms with E-state index in [1.54, 1.807) is 0 Å². The van der Waals surface area contributed by atoms with Crippen LogP contribution in [0.2, 0.25) is 0 Å². The predicted molar refractivity (Wildman–Crippen MR) is 124 cm³/mol. The van der Waals surface area contributed by atoms with E-state index in [1.165, 1.54) is 0 Å². The number of aryl methyl sites for hydroxylation is 1. The Morgan fingerprint density at radius 3 is 2.35 bits per heavy atom. The number of hydrogen-bond acceptors (Lipinski definition) is 3. The van der Waals surface area contributed by atoms with Crippen LogP contribution in [0.15, 0.2) is 46.9 Å². The third-order valence-electron chi connectivity index (χ3n) is 6.07. The number of carbonyl (C=O) groups is 3. The SMILES string of the molecule is Cc1cc(NC(=O)C2CCN(C(=O)c3ccc(Br)cc3)CC2)ccc1N1CCCC1=O. The molecule has 0 aliphatic carbocycles. The highest BCUT2D eigenvalue weighted by molar-refractivity contribution is 9.10. The minimum Gasteiger partial charge on any atom is -0.339 e. The molecule has 0 bridgehead atoms. The molecule has 2 aliphatic heterocycles. The molecule has 2 heterocycles. The molecule has 0 unspecified atom stereocenters. The molecule has 0 saturated carbocycles. The Bertz CT molecular complexity index is 998. The number of carbonyl (C=O) groups excluding carboxylic acids is 3. The number of rotatable bonds is 4. The fourth-order valence-corrected chi connectivity index (χ4v) is 4.57. The van der Waals surface area contributed by atoms with Crippen LogP contribution in [0.25, 0.3) is 0 Å². The van der Waals surface area contributed by atoms with Gasteiger partial charge in [0.2, 0.25) is 11.8 Å². The minimum atomic E-state index is -0.117. The van der Waals surface area contributed by atoms with E-state index in [1.807, 2.05) is 59.2 Å². The van der Waals surface area contributed by atoms with Gasteiger partial charge in [0.15, 0.2) is 0 Å². The third kappa shape index (κ3) is 4.82. The Morgan fingerprint density at radius 2 is 1.74 bits per heavy atom. The van der Waals surface area contributed by atoms with Gasteiger partial charge in [-0.05, 0) is 74.2 Å². The van der Waals surface area contributed by atoms with Crippen molar-refractivity contribution in [3.8, 4) is 0 Å². The molecule has 0 radical (unpaired) electrons. The summed E-state index contributed by atoms with van der Waals surface area (Å²) in [5, 5.41) is 3.01. The minimum absolute atomic E-state index is 0.00836. The summed E-state index contributed by atoms with van der Waals surface area (Å²) < 4.78 is 0.940. The van der Waals surface area contributed by atoms with Gasteiger partial charge in [-0.2, -0.15) is 0 Å². The lowest BCUT2D eigenvalue weighted by atomic mass is 9.95. The Balaban J connectivity index is 1.33. The molecule has 0 atom stereocenters. The van der Waals surface area contributed by atoms with Crippen molar-refractivity contribution in [1.82, 2.24) is 4.90 Å². The molecule has 7 heteroatoms. The smallest absolute Gasteiger partial charge is 0.253 e. The molecule has 2 fully saturated rings. The van der Waals surface area contributed by atoms with Crippen molar-refractivity contribution in [2.24, 2.45) is 5.92 Å². The van der Waals surface area contributed by atoms with Crippen LogP contribution in [0, 0.1) is 12.8 Å². The monoisotopic (exact) mass is 483 g/mol. The van der Waals surface area contributed by atoms with Crippen molar-refractivity contribution in [2.75, 3.05) is 29.9 Å². The first-order chi connectivity index (χ1) is 14.9. The van der Waals surface area contributed by atoms with E-state index in [4.69, 9.17) is 0 Å². The van der Waals surface area contributed by atoms with Crippen LogP contribution in [-0.2, 0) is 9.59 Å². The maximum absolute atomic E-state index is 12.8. The Kier molecular flexibility index (Phi) is 6.41. The highest BCUT2D eigenvalue weighted by Gasteiger charge is 2.28. The molecule has 2 aromatic rings. The molecule has 0 aromatic heterocycles. The maximum atomic E-state index is 12.8. The second kappa shape index (κ2) is 9.22. The summed E-state index contributed by atoms with van der Waals surface area (Å²) in [5.74, 6) is 0.0348. The van der Waals surface area contributed by atoms with Gasteiger partial charge in [-0.15, -0.1) is 0 Å². The second-order valence-electron chi connectivity index (χ2n) is 8.21. The lowest BCUT2D eigenvalue weighted by molar-refractivity contribution is -0.121. The van der Waals surface area contributed by atoms with Crippen LogP contribution >= 0.6 is 15.9 Å². The summed E-state index contributed by atoms with van der Waals surface area (Å²) >= 11 is 3.38. The largest absolute Gasteiger partial charge is 0.339 e. The van der Waals surface area contributed by atoms with E-state index in [-0.39, 0.29) is 23.6 Å². The number of halogens is 1. The molecule has 2 saturated heterocycles. The van der Waals surface area contributed by atoms with Crippen molar-refractivity contribution in [1.29, 1.82) is 0 Å². The summed E-state index contributed by atoms with van der Waals surface area (Å²) in [6, 6.07) is 13.0. The van der Waals surface area contributed by atoms with Crippen LogP contribution in [0.5, 0.6) is 0 Å². The predicted octanol–water partition coefficient (Wildman–Crippen LogP) is 4.38. The number of nitrogens with one attached hydrogen (secondary N) is 1. The zero-order valence-corrected chi connectivity index (χ0v) is 19.2. The van der Waals surface area contributed by atoms with Gasteiger partial charge in [0.25, 0.3) is 5.91 Å². The molecular formula is C24H26BrN3O3. The Labute approximate surface area is 190 Å². The van der Waals surface area contributed by atoms with Gasteiger partial charge in [-0.1, -0.05) is 15.9 Å². The van der Waals surface area contributed by atoms with Crippen LogP contribution in [0.3, 0.4) is 0 Å². The summed E-state index contributed by atoms with van der Waals surface area (Å²) in [5.41, 5.74) is 3.30. The van der Waals surface area contributed by atoms with Crippen molar-refractivity contribution in [3.63, 3.8) is 0 Å². The van der Waals surface area contributed by atoms with E-state index in [0.29, 0.717) is 37.9 Å². The second-order valence-corrected chi connectivity index (χ2v) is 9.13.